The summed E-state index contributed by atoms with van der Waals surface area (Å²) in [4.78, 5) is 12.7. The first-order chi connectivity index (χ1) is 10.5. The number of nitrogens with zero attached hydrogens (tertiary/aromatic N) is 3. The fraction of sp³-hybridized carbons (Fsp3) is 0.500. The lowest BCUT2D eigenvalue weighted by Crippen LogP contribution is -2.72. The second-order valence-electron chi connectivity index (χ2n) is 6.99. The Morgan fingerprint density at radius 1 is 1.18 bits per heavy atom. The topological polar surface area (TPSA) is 39.8 Å². The van der Waals surface area contributed by atoms with Gasteiger partial charge in [-0.1, -0.05) is 12.1 Å². The van der Waals surface area contributed by atoms with Crippen LogP contribution < -0.4 is 5.69 Å². The molecule has 0 saturated heterocycles. The van der Waals surface area contributed by atoms with E-state index in [9.17, 15) is 13.6 Å². The van der Waals surface area contributed by atoms with Crippen molar-refractivity contribution in [1.82, 2.24) is 14.3 Å². The van der Waals surface area contributed by atoms with E-state index in [2.05, 4.69) is 5.10 Å². The van der Waals surface area contributed by atoms with Crippen LogP contribution in [0.25, 0.3) is 0 Å². The minimum atomic E-state index is -1.05. The average molecular weight is 303 g/mol. The van der Waals surface area contributed by atoms with Gasteiger partial charge in [0.25, 0.3) is 0 Å². The lowest BCUT2D eigenvalue weighted by Gasteiger charge is -2.64. The molecule has 0 spiro atoms. The number of fused-ring (bicyclic) bond motifs is 1. The fourth-order valence-corrected chi connectivity index (χ4v) is 4.45. The first-order valence-corrected chi connectivity index (χ1v) is 7.65. The van der Waals surface area contributed by atoms with Gasteiger partial charge < -0.3 is 0 Å². The van der Waals surface area contributed by atoms with Crippen LogP contribution in [-0.2, 0) is 12.0 Å². The number of halogens is 2. The molecule has 6 rings (SSSR count). The second-order valence-corrected chi connectivity index (χ2v) is 6.99. The first kappa shape index (κ1) is 12.6. The van der Waals surface area contributed by atoms with E-state index < -0.39 is 5.67 Å². The van der Waals surface area contributed by atoms with E-state index in [0.29, 0.717) is 19.3 Å². The molecule has 2 heterocycles. The highest BCUT2D eigenvalue weighted by Gasteiger charge is 2.71. The van der Waals surface area contributed by atoms with E-state index in [1.807, 2.05) is 0 Å². The summed E-state index contributed by atoms with van der Waals surface area (Å²) in [6, 6.07) is 6.17. The van der Waals surface area contributed by atoms with Crippen LogP contribution in [0.3, 0.4) is 0 Å². The Balaban J connectivity index is 1.56. The van der Waals surface area contributed by atoms with Crippen LogP contribution >= 0.6 is 0 Å². The first-order valence-electron chi connectivity index (χ1n) is 7.65. The van der Waals surface area contributed by atoms with Gasteiger partial charge in [-0.2, -0.15) is 5.10 Å². The van der Waals surface area contributed by atoms with E-state index in [-0.39, 0.29) is 23.1 Å². The van der Waals surface area contributed by atoms with Crippen LogP contribution in [-0.4, -0.2) is 20.0 Å². The van der Waals surface area contributed by atoms with E-state index in [1.165, 1.54) is 16.8 Å². The molecule has 3 saturated carbocycles. The highest BCUT2D eigenvalue weighted by molar-refractivity contribution is 5.26. The third-order valence-electron chi connectivity index (χ3n) is 5.48. The Hall–Kier alpha value is -1.98. The standard InChI is InChI=1S/C16H15F2N3O/c17-11-3-1-10(2-4-11)12-5-6-13-19-21(14(22)20(12)13)16-7-15(18,8-16)9-16/h1-4,12H,5-9H2/t12-,15?,16?/m0/s1. The predicted octanol–water partition coefficient (Wildman–Crippen LogP) is 2.32. The maximum absolute atomic E-state index is 13.7. The number of alkyl halides is 1. The minimum absolute atomic E-state index is 0.0939. The molecule has 3 fully saturated rings. The zero-order valence-electron chi connectivity index (χ0n) is 11.9. The number of hydrogen-bond donors (Lipinski definition) is 0. The summed E-state index contributed by atoms with van der Waals surface area (Å²) < 4.78 is 30.0. The van der Waals surface area contributed by atoms with Gasteiger partial charge >= 0.3 is 5.69 Å². The van der Waals surface area contributed by atoms with Crippen molar-refractivity contribution in [2.45, 2.75) is 49.4 Å². The highest BCUT2D eigenvalue weighted by atomic mass is 19.1. The third kappa shape index (κ3) is 1.40. The molecule has 2 aromatic rings. The second kappa shape index (κ2) is 3.67. The number of benzene rings is 1. The number of rotatable bonds is 2. The van der Waals surface area contributed by atoms with E-state index >= 15 is 0 Å². The smallest absolute Gasteiger partial charge is 0.271 e. The molecule has 4 nitrogen and oxygen atoms in total. The van der Waals surface area contributed by atoms with Gasteiger partial charge in [0.1, 0.15) is 17.3 Å². The Morgan fingerprint density at radius 3 is 2.50 bits per heavy atom. The molecule has 0 N–H and O–H groups in total. The normalized spacial score (nSPS) is 34.9. The van der Waals surface area contributed by atoms with Crippen molar-refractivity contribution in [2.75, 3.05) is 0 Å². The molecule has 3 aliphatic carbocycles. The van der Waals surface area contributed by atoms with Crippen LogP contribution in [0, 0.1) is 5.82 Å². The summed E-state index contributed by atoms with van der Waals surface area (Å²) in [5, 5.41) is 4.47. The summed E-state index contributed by atoms with van der Waals surface area (Å²) >= 11 is 0. The molecule has 22 heavy (non-hydrogen) atoms. The van der Waals surface area contributed by atoms with Gasteiger partial charge in [0.2, 0.25) is 0 Å². The van der Waals surface area contributed by atoms with Crippen molar-refractivity contribution in [3.63, 3.8) is 0 Å². The van der Waals surface area contributed by atoms with E-state index in [1.54, 1.807) is 16.7 Å². The van der Waals surface area contributed by atoms with Gasteiger partial charge in [-0.05, 0) is 24.1 Å². The molecular formula is C16H15F2N3O. The van der Waals surface area contributed by atoms with Crippen LogP contribution in [0.5, 0.6) is 0 Å². The van der Waals surface area contributed by atoms with Crippen LogP contribution in [0.1, 0.15) is 43.1 Å². The van der Waals surface area contributed by atoms with Crippen molar-refractivity contribution < 1.29 is 8.78 Å². The van der Waals surface area contributed by atoms with Gasteiger partial charge in [-0.15, -0.1) is 0 Å². The van der Waals surface area contributed by atoms with Gasteiger partial charge in [0.05, 0.1) is 11.6 Å². The lowest BCUT2D eigenvalue weighted by molar-refractivity contribution is -0.205. The summed E-state index contributed by atoms with van der Waals surface area (Å²) in [7, 11) is 0. The SMILES string of the molecule is O=c1n(C23CC(F)(C2)C3)nc2n1[C@H](c1ccc(F)cc1)CC2. The molecule has 4 aliphatic rings. The number of hydrogen-bond acceptors (Lipinski definition) is 2. The Bertz CT molecular complexity index is 816. The van der Waals surface area contributed by atoms with Crippen molar-refractivity contribution in [2.24, 2.45) is 0 Å². The summed E-state index contributed by atoms with van der Waals surface area (Å²) in [6.07, 6.45) is 2.76. The number of aryl methyl sites for hydroxylation is 1. The van der Waals surface area contributed by atoms with E-state index in [0.717, 1.165) is 24.2 Å². The van der Waals surface area contributed by atoms with E-state index in [4.69, 9.17) is 0 Å². The molecule has 2 bridgehead atoms. The zero-order chi connectivity index (χ0) is 15.1. The van der Waals surface area contributed by atoms with Gasteiger partial charge in [0, 0.05) is 25.7 Å². The Morgan fingerprint density at radius 2 is 1.86 bits per heavy atom. The molecular weight excluding hydrogens is 288 g/mol. The van der Waals surface area contributed by atoms with Gasteiger partial charge in [-0.25, -0.2) is 18.3 Å². The molecule has 1 aromatic carbocycles. The fourth-order valence-electron chi connectivity index (χ4n) is 4.45. The average Bonchev–Trinajstić information content (AvgIpc) is 2.97. The largest absolute Gasteiger partial charge is 0.347 e. The monoisotopic (exact) mass is 303 g/mol. The van der Waals surface area contributed by atoms with Crippen molar-refractivity contribution >= 4 is 0 Å². The van der Waals surface area contributed by atoms with Gasteiger partial charge in [-0.3, -0.25) is 4.57 Å². The maximum Gasteiger partial charge on any atom is 0.347 e. The molecule has 1 aromatic heterocycles. The number of aromatic nitrogens is 3. The third-order valence-corrected chi connectivity index (χ3v) is 5.48. The van der Waals surface area contributed by atoms with Crippen molar-refractivity contribution in [1.29, 1.82) is 0 Å². The summed E-state index contributed by atoms with van der Waals surface area (Å²) in [5.41, 5.74) is -0.662. The zero-order valence-corrected chi connectivity index (χ0v) is 11.9. The molecule has 0 amide bonds. The molecule has 1 aliphatic heterocycles. The quantitative estimate of drug-likeness (QED) is 0.854. The van der Waals surface area contributed by atoms with Gasteiger partial charge in [0.15, 0.2) is 0 Å². The predicted molar refractivity (Wildman–Crippen MR) is 75.0 cm³/mol. The molecule has 1 atom stereocenters. The summed E-state index contributed by atoms with van der Waals surface area (Å²) in [5.74, 6) is 0.476. The highest BCUT2D eigenvalue weighted by Crippen LogP contribution is 2.66. The molecule has 114 valence electrons. The van der Waals surface area contributed by atoms with Crippen molar-refractivity contribution in [3.05, 3.63) is 52.0 Å². The molecule has 0 unspecified atom stereocenters. The lowest BCUT2D eigenvalue weighted by atomic mass is 9.47. The minimum Gasteiger partial charge on any atom is -0.271 e. The molecule has 0 radical (unpaired) electrons. The Labute approximate surface area is 125 Å². The van der Waals surface area contributed by atoms with Crippen LogP contribution in [0.15, 0.2) is 29.1 Å². The summed E-state index contributed by atoms with van der Waals surface area (Å²) in [6.45, 7) is 0. The Kier molecular flexibility index (Phi) is 2.09. The van der Waals surface area contributed by atoms with Crippen LogP contribution in [0.2, 0.25) is 0 Å². The van der Waals surface area contributed by atoms with Crippen molar-refractivity contribution in [3.8, 4) is 0 Å². The van der Waals surface area contributed by atoms with Crippen LogP contribution in [0.4, 0.5) is 8.78 Å². The molecule has 6 heteroatoms. The maximum atomic E-state index is 13.7.